The van der Waals surface area contributed by atoms with Crippen LogP contribution in [-0.4, -0.2) is 49.0 Å². The molecule has 2 rings (SSSR count). The van der Waals surface area contributed by atoms with Gasteiger partial charge in [0, 0.05) is 31.2 Å². The maximum atomic E-state index is 12.5. The average molecular weight is 314 g/mol. The van der Waals surface area contributed by atoms with Crippen LogP contribution < -0.4 is 15.8 Å². The van der Waals surface area contributed by atoms with Crippen molar-refractivity contribution in [2.24, 2.45) is 5.73 Å². The number of amides is 2. The van der Waals surface area contributed by atoms with Crippen LogP contribution in [0, 0.1) is 0 Å². The third-order valence-electron chi connectivity index (χ3n) is 3.22. The monoisotopic (exact) mass is 313 g/mol. The van der Waals surface area contributed by atoms with Crippen LogP contribution in [0.1, 0.15) is 17.3 Å². The molecule has 1 aromatic rings. The first kappa shape index (κ1) is 17.3. The molecule has 0 aliphatic carbocycles. The first-order chi connectivity index (χ1) is 9.58. The molecule has 1 aromatic carbocycles. The van der Waals surface area contributed by atoms with Crippen molar-refractivity contribution in [3.8, 4) is 5.75 Å². The number of benzene rings is 1. The Balaban J connectivity index is 0.00000220. The van der Waals surface area contributed by atoms with Crippen molar-refractivity contribution in [1.82, 2.24) is 10.2 Å². The Morgan fingerprint density at radius 2 is 2.24 bits per heavy atom. The molecule has 1 saturated heterocycles. The Morgan fingerprint density at radius 3 is 2.90 bits per heavy atom. The number of primary amides is 1. The van der Waals surface area contributed by atoms with Gasteiger partial charge < -0.3 is 20.7 Å². The molecule has 1 atom stereocenters. The summed E-state index contributed by atoms with van der Waals surface area (Å²) in [6.45, 7) is 4.10. The number of nitrogens with one attached hydrogen (secondary N) is 1. The number of hydrogen-bond acceptors (Lipinski definition) is 4. The maximum absolute atomic E-state index is 12.5. The standard InChI is InChI=1S/C14H19N3O3.ClH/c1-10-8-16-5-6-17(10)14(19)11-3-2-4-12(7-11)20-9-13(15)18;/h2-4,7,10,16H,5-6,8-9H2,1H3,(H2,15,18);1H/t10-;/m0./s1. The Bertz CT molecular complexity index is 510. The van der Waals surface area contributed by atoms with Gasteiger partial charge in [0.1, 0.15) is 5.75 Å². The summed E-state index contributed by atoms with van der Waals surface area (Å²) in [5.74, 6) is -0.0987. The molecule has 0 aromatic heterocycles. The van der Waals surface area contributed by atoms with E-state index in [4.69, 9.17) is 10.5 Å². The van der Waals surface area contributed by atoms with Crippen LogP contribution in [0.15, 0.2) is 24.3 Å². The Labute approximate surface area is 130 Å². The molecular weight excluding hydrogens is 294 g/mol. The quantitative estimate of drug-likeness (QED) is 0.843. The first-order valence-corrected chi connectivity index (χ1v) is 6.61. The summed E-state index contributed by atoms with van der Waals surface area (Å²) < 4.78 is 5.21. The third kappa shape index (κ3) is 4.61. The number of nitrogens with zero attached hydrogens (tertiary/aromatic N) is 1. The lowest BCUT2D eigenvalue weighted by atomic mass is 10.1. The van der Waals surface area contributed by atoms with Gasteiger partial charge in [-0.05, 0) is 25.1 Å². The molecule has 7 heteroatoms. The molecule has 1 fully saturated rings. The van der Waals surface area contributed by atoms with Crippen molar-refractivity contribution >= 4 is 24.2 Å². The Kier molecular flexibility index (Phi) is 6.45. The van der Waals surface area contributed by atoms with Crippen molar-refractivity contribution in [2.45, 2.75) is 13.0 Å². The number of piperazine rings is 1. The predicted molar refractivity (Wildman–Crippen MR) is 81.7 cm³/mol. The zero-order valence-electron chi connectivity index (χ0n) is 11.9. The number of halogens is 1. The minimum atomic E-state index is -0.544. The summed E-state index contributed by atoms with van der Waals surface area (Å²) in [5, 5.41) is 3.25. The van der Waals surface area contributed by atoms with Crippen LogP contribution in [-0.2, 0) is 4.79 Å². The van der Waals surface area contributed by atoms with Gasteiger partial charge in [0.2, 0.25) is 0 Å². The van der Waals surface area contributed by atoms with E-state index >= 15 is 0 Å². The van der Waals surface area contributed by atoms with Crippen LogP contribution in [0.25, 0.3) is 0 Å². The van der Waals surface area contributed by atoms with Crippen LogP contribution in [0.2, 0.25) is 0 Å². The van der Waals surface area contributed by atoms with Crippen molar-refractivity contribution < 1.29 is 14.3 Å². The second kappa shape index (κ2) is 7.85. The lowest BCUT2D eigenvalue weighted by Gasteiger charge is -2.34. The second-order valence-corrected chi connectivity index (χ2v) is 4.83. The molecule has 21 heavy (non-hydrogen) atoms. The molecule has 0 saturated carbocycles. The normalized spacial score (nSPS) is 17.8. The fraction of sp³-hybridized carbons (Fsp3) is 0.429. The van der Waals surface area contributed by atoms with Gasteiger partial charge in [0.25, 0.3) is 11.8 Å². The Hall–Kier alpha value is -1.79. The van der Waals surface area contributed by atoms with Crippen molar-refractivity contribution in [3.05, 3.63) is 29.8 Å². The highest BCUT2D eigenvalue weighted by molar-refractivity contribution is 5.95. The van der Waals surface area contributed by atoms with Crippen molar-refractivity contribution in [3.63, 3.8) is 0 Å². The minimum absolute atomic E-state index is 0. The molecule has 0 bridgehead atoms. The number of carbonyl (C=O) groups excluding carboxylic acids is 2. The van der Waals surface area contributed by atoms with Gasteiger partial charge >= 0.3 is 0 Å². The van der Waals surface area contributed by atoms with Gasteiger partial charge in [-0.25, -0.2) is 0 Å². The molecule has 0 spiro atoms. The summed E-state index contributed by atoms with van der Waals surface area (Å²) in [7, 11) is 0. The zero-order valence-corrected chi connectivity index (χ0v) is 12.7. The van der Waals surface area contributed by atoms with Crippen molar-refractivity contribution in [1.29, 1.82) is 0 Å². The van der Waals surface area contributed by atoms with E-state index in [9.17, 15) is 9.59 Å². The van der Waals surface area contributed by atoms with E-state index in [0.717, 1.165) is 13.1 Å². The van der Waals surface area contributed by atoms with E-state index in [1.165, 1.54) is 0 Å². The van der Waals surface area contributed by atoms with Gasteiger partial charge in [0.15, 0.2) is 6.61 Å². The van der Waals surface area contributed by atoms with E-state index in [1.54, 1.807) is 24.3 Å². The SMILES string of the molecule is C[C@H]1CNCCN1C(=O)c1cccc(OCC(N)=O)c1.Cl. The van der Waals surface area contributed by atoms with Crippen LogP contribution in [0.5, 0.6) is 5.75 Å². The van der Waals surface area contributed by atoms with Crippen LogP contribution in [0.4, 0.5) is 0 Å². The molecule has 1 aliphatic heterocycles. The van der Waals surface area contributed by atoms with Crippen molar-refractivity contribution in [2.75, 3.05) is 26.2 Å². The number of ether oxygens (including phenoxy) is 1. The topological polar surface area (TPSA) is 84.7 Å². The fourth-order valence-electron chi connectivity index (χ4n) is 2.18. The second-order valence-electron chi connectivity index (χ2n) is 4.83. The summed E-state index contributed by atoms with van der Waals surface area (Å²) >= 11 is 0. The predicted octanol–water partition coefficient (Wildman–Crippen LogP) is 0.406. The number of nitrogens with two attached hydrogens (primary N) is 1. The lowest BCUT2D eigenvalue weighted by Crippen LogP contribution is -2.52. The highest BCUT2D eigenvalue weighted by Crippen LogP contribution is 2.16. The highest BCUT2D eigenvalue weighted by Gasteiger charge is 2.24. The first-order valence-electron chi connectivity index (χ1n) is 6.61. The smallest absolute Gasteiger partial charge is 0.255 e. The number of hydrogen-bond donors (Lipinski definition) is 2. The van der Waals surface area contributed by atoms with Crippen LogP contribution >= 0.6 is 12.4 Å². The number of rotatable bonds is 4. The van der Waals surface area contributed by atoms with E-state index in [2.05, 4.69) is 5.32 Å². The summed E-state index contributed by atoms with van der Waals surface area (Å²) in [6.07, 6.45) is 0. The van der Waals surface area contributed by atoms with E-state index < -0.39 is 5.91 Å². The summed E-state index contributed by atoms with van der Waals surface area (Å²) in [5.41, 5.74) is 5.58. The Morgan fingerprint density at radius 1 is 1.48 bits per heavy atom. The molecule has 3 N–H and O–H groups in total. The van der Waals surface area contributed by atoms with E-state index in [0.29, 0.717) is 17.9 Å². The molecule has 2 amide bonds. The minimum Gasteiger partial charge on any atom is -0.484 e. The van der Waals surface area contributed by atoms with E-state index in [-0.39, 0.29) is 31.0 Å². The van der Waals surface area contributed by atoms with Gasteiger partial charge in [-0.3, -0.25) is 9.59 Å². The summed E-state index contributed by atoms with van der Waals surface area (Å²) in [4.78, 5) is 25.0. The number of carbonyl (C=O) groups is 2. The summed E-state index contributed by atoms with van der Waals surface area (Å²) in [6, 6.07) is 6.97. The van der Waals surface area contributed by atoms with E-state index in [1.807, 2.05) is 11.8 Å². The highest BCUT2D eigenvalue weighted by atomic mass is 35.5. The largest absolute Gasteiger partial charge is 0.484 e. The molecule has 0 unspecified atom stereocenters. The molecule has 6 nitrogen and oxygen atoms in total. The maximum Gasteiger partial charge on any atom is 0.255 e. The van der Waals surface area contributed by atoms with Crippen LogP contribution in [0.3, 0.4) is 0 Å². The molecular formula is C14H20ClN3O3. The van der Waals surface area contributed by atoms with Gasteiger partial charge in [-0.1, -0.05) is 6.07 Å². The van der Waals surface area contributed by atoms with Gasteiger partial charge in [-0.2, -0.15) is 0 Å². The fourth-order valence-corrected chi connectivity index (χ4v) is 2.18. The zero-order chi connectivity index (χ0) is 14.5. The molecule has 116 valence electrons. The third-order valence-corrected chi connectivity index (χ3v) is 3.22. The molecule has 1 heterocycles. The lowest BCUT2D eigenvalue weighted by molar-refractivity contribution is -0.119. The molecule has 0 radical (unpaired) electrons. The molecule has 1 aliphatic rings. The average Bonchev–Trinajstić information content (AvgIpc) is 2.45. The van der Waals surface area contributed by atoms with Gasteiger partial charge in [0.05, 0.1) is 0 Å². The van der Waals surface area contributed by atoms with Gasteiger partial charge in [-0.15, -0.1) is 12.4 Å².